The fourth-order valence-corrected chi connectivity index (χ4v) is 3.31. The molecule has 0 unspecified atom stereocenters. The monoisotopic (exact) mass is 364 g/mol. The fourth-order valence-electron chi connectivity index (χ4n) is 2.47. The number of benzene rings is 2. The minimum atomic E-state index is -3.74. The van der Waals surface area contributed by atoms with E-state index in [-0.39, 0.29) is 11.6 Å². The first-order valence-corrected chi connectivity index (χ1v) is 9.65. The van der Waals surface area contributed by atoms with Crippen LogP contribution in [0.2, 0.25) is 0 Å². The summed E-state index contributed by atoms with van der Waals surface area (Å²) in [6.07, 6.45) is 0.979. The number of para-hydroxylation sites is 1. The number of hydrogen-bond donors (Lipinski definition) is 1. The van der Waals surface area contributed by atoms with Gasteiger partial charge in [-0.3, -0.25) is 9.10 Å². The Bertz CT molecular complexity index is 866. The molecule has 2 rings (SSSR count). The molecule has 134 valence electrons. The summed E-state index contributed by atoms with van der Waals surface area (Å²) in [7, 11) is -3.74. The first-order chi connectivity index (χ1) is 11.7. The minimum absolute atomic E-state index is 0.106. The molecule has 0 heterocycles. The third-order valence-corrected chi connectivity index (χ3v) is 4.78. The second-order valence-corrected chi connectivity index (χ2v) is 7.95. The van der Waals surface area contributed by atoms with Gasteiger partial charge >= 0.3 is 0 Å². The molecule has 0 spiro atoms. The van der Waals surface area contributed by atoms with Crippen LogP contribution in [0.3, 0.4) is 0 Å². The molecule has 1 amide bonds. The van der Waals surface area contributed by atoms with Gasteiger partial charge in [0, 0.05) is 5.69 Å². The summed E-state index contributed by atoms with van der Waals surface area (Å²) in [6.45, 7) is 3.57. The van der Waals surface area contributed by atoms with Crippen LogP contribution in [0, 0.1) is 5.82 Å². The summed E-state index contributed by atoms with van der Waals surface area (Å²) >= 11 is 0. The molecule has 0 aliphatic heterocycles. The molecule has 0 saturated heterocycles. The lowest BCUT2D eigenvalue weighted by Crippen LogP contribution is -2.37. The van der Waals surface area contributed by atoms with E-state index in [4.69, 9.17) is 0 Å². The Hall–Kier alpha value is -2.41. The van der Waals surface area contributed by atoms with Gasteiger partial charge in [-0.15, -0.1) is 0 Å². The highest BCUT2D eigenvalue weighted by atomic mass is 32.2. The van der Waals surface area contributed by atoms with E-state index in [0.29, 0.717) is 5.69 Å². The van der Waals surface area contributed by atoms with E-state index in [2.05, 4.69) is 5.32 Å². The molecule has 0 bridgehead atoms. The second kappa shape index (κ2) is 7.65. The van der Waals surface area contributed by atoms with Gasteiger partial charge in [-0.2, -0.15) is 0 Å². The molecule has 0 aliphatic rings. The summed E-state index contributed by atoms with van der Waals surface area (Å²) in [5.41, 5.74) is 1.69. The maximum absolute atomic E-state index is 13.4. The van der Waals surface area contributed by atoms with E-state index in [1.807, 2.05) is 26.0 Å². The summed E-state index contributed by atoms with van der Waals surface area (Å²) in [6, 6.07) is 12.5. The third-order valence-electron chi connectivity index (χ3n) is 3.64. The minimum Gasteiger partial charge on any atom is -0.324 e. The Kier molecular flexibility index (Phi) is 5.79. The zero-order valence-electron chi connectivity index (χ0n) is 14.4. The zero-order valence-corrected chi connectivity index (χ0v) is 15.2. The highest BCUT2D eigenvalue weighted by Gasteiger charge is 2.21. The van der Waals surface area contributed by atoms with E-state index in [1.54, 1.807) is 12.1 Å². The Morgan fingerprint density at radius 3 is 2.44 bits per heavy atom. The van der Waals surface area contributed by atoms with Crippen LogP contribution in [0.4, 0.5) is 15.8 Å². The van der Waals surface area contributed by atoms with Crippen molar-refractivity contribution in [2.24, 2.45) is 0 Å². The highest BCUT2D eigenvalue weighted by molar-refractivity contribution is 7.92. The second-order valence-electron chi connectivity index (χ2n) is 6.04. The van der Waals surface area contributed by atoms with Crippen molar-refractivity contribution in [3.63, 3.8) is 0 Å². The Labute approximate surface area is 147 Å². The molecule has 0 saturated carbocycles. The van der Waals surface area contributed by atoms with Crippen LogP contribution in [0.5, 0.6) is 0 Å². The number of halogens is 1. The standard InChI is InChI=1S/C18H21FN2O3S/c1-13(2)16-9-4-5-10-17(16)20-18(22)12-21(25(3,23)24)15-8-6-7-14(19)11-15/h4-11,13H,12H2,1-3H3,(H,20,22). The molecular formula is C18H21FN2O3S. The maximum Gasteiger partial charge on any atom is 0.245 e. The van der Waals surface area contributed by atoms with Gasteiger partial charge in [-0.1, -0.05) is 38.1 Å². The predicted octanol–water partition coefficient (Wildman–Crippen LogP) is 3.35. The number of amides is 1. The van der Waals surface area contributed by atoms with Gasteiger partial charge in [0.15, 0.2) is 0 Å². The predicted molar refractivity (Wildman–Crippen MR) is 97.8 cm³/mol. The van der Waals surface area contributed by atoms with E-state index in [9.17, 15) is 17.6 Å². The normalized spacial score (nSPS) is 11.4. The molecule has 2 aromatic carbocycles. The number of carbonyl (C=O) groups is 1. The van der Waals surface area contributed by atoms with Crippen molar-refractivity contribution in [1.82, 2.24) is 0 Å². The van der Waals surface area contributed by atoms with Crippen molar-refractivity contribution in [2.45, 2.75) is 19.8 Å². The van der Waals surface area contributed by atoms with Gasteiger partial charge in [-0.25, -0.2) is 12.8 Å². The number of anilines is 2. The Morgan fingerprint density at radius 2 is 1.84 bits per heavy atom. The van der Waals surface area contributed by atoms with Crippen LogP contribution < -0.4 is 9.62 Å². The SMILES string of the molecule is CC(C)c1ccccc1NC(=O)CN(c1cccc(F)c1)S(C)(=O)=O. The van der Waals surface area contributed by atoms with Crippen molar-refractivity contribution in [3.8, 4) is 0 Å². The molecule has 25 heavy (non-hydrogen) atoms. The van der Waals surface area contributed by atoms with Gasteiger partial charge in [0.25, 0.3) is 0 Å². The number of rotatable bonds is 6. The lowest BCUT2D eigenvalue weighted by molar-refractivity contribution is -0.114. The van der Waals surface area contributed by atoms with Gasteiger partial charge in [0.05, 0.1) is 11.9 Å². The number of sulfonamides is 1. The van der Waals surface area contributed by atoms with Crippen molar-refractivity contribution < 1.29 is 17.6 Å². The smallest absolute Gasteiger partial charge is 0.245 e. The first kappa shape index (κ1) is 18.9. The maximum atomic E-state index is 13.4. The van der Waals surface area contributed by atoms with Gasteiger partial charge < -0.3 is 5.32 Å². The molecular weight excluding hydrogens is 343 g/mol. The topological polar surface area (TPSA) is 66.5 Å². The van der Waals surface area contributed by atoms with Gasteiger partial charge in [0.1, 0.15) is 12.4 Å². The van der Waals surface area contributed by atoms with Crippen molar-refractivity contribution >= 4 is 27.3 Å². The van der Waals surface area contributed by atoms with Gasteiger partial charge in [-0.05, 0) is 35.7 Å². The van der Waals surface area contributed by atoms with Crippen LogP contribution in [-0.2, 0) is 14.8 Å². The molecule has 0 fully saturated rings. The first-order valence-electron chi connectivity index (χ1n) is 7.80. The molecule has 2 aromatic rings. The lowest BCUT2D eigenvalue weighted by atomic mass is 10.0. The van der Waals surface area contributed by atoms with Crippen molar-refractivity contribution in [1.29, 1.82) is 0 Å². The molecule has 0 aliphatic carbocycles. The number of nitrogens with one attached hydrogen (secondary N) is 1. The van der Waals surface area contributed by atoms with E-state index >= 15 is 0 Å². The van der Waals surface area contributed by atoms with Crippen LogP contribution in [-0.4, -0.2) is 27.1 Å². The third kappa shape index (κ3) is 5.03. The molecule has 5 nitrogen and oxygen atoms in total. The zero-order chi connectivity index (χ0) is 18.6. The van der Waals surface area contributed by atoms with Gasteiger partial charge in [0.2, 0.25) is 15.9 Å². The number of nitrogens with zero attached hydrogens (tertiary/aromatic N) is 1. The molecule has 0 atom stereocenters. The number of carbonyl (C=O) groups excluding carboxylic acids is 1. The molecule has 0 aromatic heterocycles. The largest absolute Gasteiger partial charge is 0.324 e. The summed E-state index contributed by atoms with van der Waals surface area (Å²) in [4.78, 5) is 12.4. The van der Waals surface area contributed by atoms with Crippen molar-refractivity contribution in [2.75, 3.05) is 22.4 Å². The van der Waals surface area contributed by atoms with Crippen LogP contribution in [0.15, 0.2) is 48.5 Å². The average Bonchev–Trinajstić information content (AvgIpc) is 2.52. The lowest BCUT2D eigenvalue weighted by Gasteiger charge is -2.22. The fraction of sp³-hybridized carbons (Fsp3) is 0.278. The summed E-state index contributed by atoms with van der Waals surface area (Å²) < 4.78 is 38.4. The average molecular weight is 364 g/mol. The van der Waals surface area contributed by atoms with E-state index in [1.165, 1.54) is 18.2 Å². The van der Waals surface area contributed by atoms with Crippen molar-refractivity contribution in [3.05, 3.63) is 59.9 Å². The Balaban J connectivity index is 2.24. The molecule has 7 heteroatoms. The summed E-state index contributed by atoms with van der Waals surface area (Å²) in [5.74, 6) is -0.870. The Morgan fingerprint density at radius 1 is 1.16 bits per heavy atom. The highest BCUT2D eigenvalue weighted by Crippen LogP contribution is 2.24. The molecule has 1 N–H and O–H groups in total. The quantitative estimate of drug-likeness (QED) is 0.855. The molecule has 0 radical (unpaired) electrons. The van der Waals surface area contributed by atoms with Crippen LogP contribution in [0.1, 0.15) is 25.3 Å². The van der Waals surface area contributed by atoms with Crippen LogP contribution in [0.25, 0.3) is 0 Å². The number of hydrogen-bond acceptors (Lipinski definition) is 3. The summed E-state index contributed by atoms with van der Waals surface area (Å²) in [5, 5.41) is 2.74. The van der Waals surface area contributed by atoms with E-state index < -0.39 is 28.3 Å². The van der Waals surface area contributed by atoms with Crippen LogP contribution >= 0.6 is 0 Å². The van der Waals surface area contributed by atoms with E-state index in [0.717, 1.165) is 22.2 Å².